The van der Waals surface area contributed by atoms with Gasteiger partial charge in [-0.25, -0.2) is 4.39 Å². The fourth-order valence-corrected chi connectivity index (χ4v) is 9.29. The zero-order chi connectivity index (χ0) is 28.1. The number of hydrogen-bond acceptors (Lipinski definition) is 5. The minimum absolute atomic E-state index is 0.0190. The highest BCUT2D eigenvalue weighted by Crippen LogP contribution is 2.69. The Hall–Kier alpha value is -2.78. The van der Waals surface area contributed by atoms with Crippen LogP contribution < -0.4 is 4.90 Å². The molecule has 1 aliphatic heterocycles. The van der Waals surface area contributed by atoms with Crippen LogP contribution in [-0.2, 0) is 4.79 Å². The number of piperidine rings is 1. The predicted molar refractivity (Wildman–Crippen MR) is 156 cm³/mol. The largest absolute Gasteiger partial charge is 0.384 e. The summed E-state index contributed by atoms with van der Waals surface area (Å²) in [6.07, 6.45) is 8.28. The van der Waals surface area contributed by atoms with E-state index in [9.17, 15) is 14.8 Å². The lowest BCUT2D eigenvalue weighted by Gasteiger charge is -2.55. The van der Waals surface area contributed by atoms with Gasteiger partial charge in [0.05, 0.1) is 5.41 Å². The van der Waals surface area contributed by atoms with Crippen LogP contribution in [0.4, 0.5) is 10.1 Å². The second kappa shape index (κ2) is 10.6. The van der Waals surface area contributed by atoms with Gasteiger partial charge in [0.25, 0.3) is 0 Å². The molecule has 2 saturated carbocycles. The smallest absolute Gasteiger partial charge is 0.148 e. The number of aliphatic hydroxyl groups excluding tert-OH is 1. The second-order valence-corrected chi connectivity index (χ2v) is 13.0. The molecule has 1 saturated heterocycles. The predicted octanol–water partition coefficient (Wildman–Crippen LogP) is 6.66. The van der Waals surface area contributed by atoms with E-state index in [0.717, 1.165) is 31.5 Å². The van der Waals surface area contributed by atoms with Gasteiger partial charge in [-0.05, 0) is 111 Å². The van der Waals surface area contributed by atoms with Crippen molar-refractivity contribution in [2.75, 3.05) is 24.6 Å². The summed E-state index contributed by atoms with van der Waals surface area (Å²) in [5.74, 6) is 6.36. The SMILES string of the molecule is CC(=O)[C@@]1(C#CCO)CC[C@H]2[C@@H]3CC(F)C4=CC(N=O)CCC4=C3C(c3ccc(N4CCCCC4)cc3)C[C@@]21C. The average molecular weight is 545 g/mol. The monoisotopic (exact) mass is 544 g/mol. The average Bonchev–Trinajstić information content (AvgIpc) is 3.29. The Morgan fingerprint density at radius 1 is 1.18 bits per heavy atom. The van der Waals surface area contributed by atoms with E-state index in [1.165, 1.54) is 36.1 Å². The van der Waals surface area contributed by atoms with Gasteiger partial charge >= 0.3 is 0 Å². The molecule has 0 amide bonds. The molecule has 1 aromatic rings. The summed E-state index contributed by atoms with van der Waals surface area (Å²) in [5, 5.41) is 12.8. The Labute approximate surface area is 237 Å². The van der Waals surface area contributed by atoms with Gasteiger partial charge in [-0.15, -0.1) is 0 Å². The Morgan fingerprint density at radius 3 is 2.60 bits per heavy atom. The molecule has 1 heterocycles. The number of nitroso groups, excluding NO2 is 1. The lowest BCUT2D eigenvalue weighted by molar-refractivity contribution is -0.130. The zero-order valence-corrected chi connectivity index (χ0v) is 23.8. The van der Waals surface area contributed by atoms with Crippen molar-refractivity contribution in [3.05, 3.63) is 57.5 Å². The van der Waals surface area contributed by atoms with Gasteiger partial charge in [0.2, 0.25) is 0 Å². The van der Waals surface area contributed by atoms with Crippen molar-refractivity contribution in [3.8, 4) is 11.8 Å². The number of ketones is 1. The number of aliphatic hydroxyl groups is 1. The highest BCUT2D eigenvalue weighted by Gasteiger charge is 2.65. The number of alkyl halides is 1. The molecular formula is C34H41FN2O3. The van der Waals surface area contributed by atoms with Crippen molar-refractivity contribution in [2.24, 2.45) is 27.8 Å². The molecule has 1 aromatic carbocycles. The van der Waals surface area contributed by atoms with Crippen LogP contribution in [0, 0.1) is 39.4 Å². The van der Waals surface area contributed by atoms with Crippen molar-refractivity contribution in [3.63, 3.8) is 0 Å². The first kappa shape index (κ1) is 27.4. The Morgan fingerprint density at radius 2 is 1.93 bits per heavy atom. The van der Waals surface area contributed by atoms with Crippen molar-refractivity contribution in [1.29, 1.82) is 0 Å². The second-order valence-electron chi connectivity index (χ2n) is 13.0. The van der Waals surface area contributed by atoms with Gasteiger partial charge in [-0.1, -0.05) is 47.7 Å². The number of nitrogens with zero attached hydrogens (tertiary/aromatic N) is 2. The molecule has 5 nitrogen and oxygen atoms in total. The summed E-state index contributed by atoms with van der Waals surface area (Å²) in [4.78, 5) is 27.2. The first-order valence-corrected chi connectivity index (χ1v) is 15.2. The maximum absolute atomic E-state index is 15.9. The highest BCUT2D eigenvalue weighted by atomic mass is 19.1. The quantitative estimate of drug-likeness (QED) is 0.340. The van der Waals surface area contributed by atoms with Gasteiger partial charge in [-0.2, -0.15) is 4.91 Å². The van der Waals surface area contributed by atoms with Gasteiger partial charge in [0.1, 0.15) is 24.6 Å². The van der Waals surface area contributed by atoms with Crippen LogP contribution in [0.2, 0.25) is 0 Å². The molecule has 0 spiro atoms. The van der Waals surface area contributed by atoms with E-state index in [-0.39, 0.29) is 30.1 Å². The van der Waals surface area contributed by atoms with Gasteiger partial charge < -0.3 is 10.0 Å². The molecule has 0 radical (unpaired) electrons. The van der Waals surface area contributed by atoms with E-state index < -0.39 is 23.0 Å². The van der Waals surface area contributed by atoms with E-state index in [1.807, 2.05) is 0 Å². The normalized spacial score (nSPS) is 37.0. The molecule has 1 N–H and O–H groups in total. The molecule has 6 rings (SSSR count). The zero-order valence-electron chi connectivity index (χ0n) is 23.8. The molecule has 0 bridgehead atoms. The summed E-state index contributed by atoms with van der Waals surface area (Å²) in [5.41, 5.74) is 4.27. The van der Waals surface area contributed by atoms with E-state index in [2.05, 4.69) is 53.1 Å². The van der Waals surface area contributed by atoms with Crippen LogP contribution in [0.5, 0.6) is 0 Å². The number of hydrogen-bond donors (Lipinski definition) is 1. The van der Waals surface area contributed by atoms with Crippen molar-refractivity contribution >= 4 is 11.5 Å². The van der Waals surface area contributed by atoms with Crippen LogP contribution in [0.1, 0.15) is 83.1 Å². The van der Waals surface area contributed by atoms with Crippen molar-refractivity contribution < 1.29 is 14.3 Å². The Kier molecular flexibility index (Phi) is 7.23. The number of anilines is 1. The van der Waals surface area contributed by atoms with Crippen molar-refractivity contribution in [1.82, 2.24) is 0 Å². The van der Waals surface area contributed by atoms with Gasteiger partial charge in [0, 0.05) is 24.7 Å². The number of benzene rings is 1. The first-order valence-electron chi connectivity index (χ1n) is 15.2. The maximum Gasteiger partial charge on any atom is 0.148 e. The minimum Gasteiger partial charge on any atom is -0.384 e. The minimum atomic E-state index is -1.13. The standard InChI is InChI=1S/C34H41FN2O3/c1-22(39)34(14-6-18-38)15-13-30-28-20-31(35)27-19-24(36-40)9-12-26(27)32(28)29(21-33(30,34)2)23-7-10-25(11-8-23)37-16-4-3-5-17-37/h7-8,10-11,19,24,28-31,38H,3-5,9,12-13,15-18,20-21H2,1-2H3/t24?,28-,29?,30-,31?,33-,34+/m0/s1. The number of carbonyl (C=O) groups is 1. The molecule has 3 fully saturated rings. The summed E-state index contributed by atoms with van der Waals surface area (Å²) in [6.45, 7) is 5.75. The molecule has 4 aliphatic carbocycles. The first-order chi connectivity index (χ1) is 19.3. The molecule has 7 atom stereocenters. The highest BCUT2D eigenvalue weighted by molar-refractivity contribution is 5.87. The third-order valence-electron chi connectivity index (χ3n) is 11.2. The molecular weight excluding hydrogens is 503 g/mol. The fourth-order valence-electron chi connectivity index (χ4n) is 9.29. The van der Waals surface area contributed by atoms with Crippen LogP contribution in [-0.4, -0.2) is 42.8 Å². The van der Waals surface area contributed by atoms with Gasteiger partial charge in [-0.3, -0.25) is 4.79 Å². The van der Waals surface area contributed by atoms with Crippen LogP contribution in [0.25, 0.3) is 0 Å². The fraction of sp³-hybridized carbons (Fsp3) is 0.618. The summed E-state index contributed by atoms with van der Waals surface area (Å²) < 4.78 is 15.9. The van der Waals surface area contributed by atoms with E-state index >= 15 is 4.39 Å². The summed E-state index contributed by atoms with van der Waals surface area (Å²) >= 11 is 0. The van der Waals surface area contributed by atoms with Crippen LogP contribution >= 0.6 is 0 Å². The molecule has 5 aliphatic rings. The molecule has 40 heavy (non-hydrogen) atoms. The number of carbonyl (C=O) groups excluding carboxylic acids is 1. The third-order valence-corrected chi connectivity index (χ3v) is 11.2. The third kappa shape index (κ3) is 4.19. The van der Waals surface area contributed by atoms with Crippen molar-refractivity contribution in [2.45, 2.75) is 89.8 Å². The number of fused-ring (bicyclic) bond motifs is 4. The number of Topliss-reactive ketones (excluding diaryl/α,β-unsaturated/α-hetero) is 1. The van der Waals surface area contributed by atoms with Crippen LogP contribution in [0.15, 0.2) is 52.2 Å². The summed E-state index contributed by atoms with van der Waals surface area (Å²) in [6, 6.07) is 8.50. The lowest BCUT2D eigenvalue weighted by Crippen LogP contribution is -2.51. The lowest BCUT2D eigenvalue weighted by atomic mass is 9.48. The topological polar surface area (TPSA) is 70.0 Å². The number of halogens is 1. The summed E-state index contributed by atoms with van der Waals surface area (Å²) in [7, 11) is 0. The molecule has 0 aromatic heterocycles. The van der Waals surface area contributed by atoms with E-state index in [4.69, 9.17) is 0 Å². The van der Waals surface area contributed by atoms with Gasteiger partial charge in [0.15, 0.2) is 0 Å². The number of rotatable bonds is 4. The van der Waals surface area contributed by atoms with Crippen LogP contribution in [0.3, 0.4) is 0 Å². The molecule has 6 heteroatoms. The molecule has 212 valence electrons. The Bertz CT molecular complexity index is 1300. The Balaban J connectivity index is 1.49. The maximum atomic E-state index is 15.9. The number of allylic oxidation sites excluding steroid dienone is 3. The molecule has 3 unspecified atom stereocenters. The van der Waals surface area contributed by atoms with E-state index in [1.54, 1.807) is 13.0 Å². The van der Waals surface area contributed by atoms with E-state index in [0.29, 0.717) is 31.3 Å².